The normalized spacial score (nSPS) is 19.6. The molecule has 1 amide bonds. The molecule has 0 bridgehead atoms. The first-order valence-corrected chi connectivity index (χ1v) is 9.68. The third-order valence-corrected chi connectivity index (χ3v) is 6.07. The summed E-state index contributed by atoms with van der Waals surface area (Å²) in [6.45, 7) is 5.53. The summed E-state index contributed by atoms with van der Waals surface area (Å²) in [6, 6.07) is 8.57. The van der Waals surface area contributed by atoms with Crippen LogP contribution in [0.4, 0.5) is 5.69 Å². The third kappa shape index (κ3) is 3.16. The highest BCUT2D eigenvalue weighted by molar-refractivity contribution is 7.09. The van der Waals surface area contributed by atoms with Crippen LogP contribution < -0.4 is 4.90 Å². The monoisotopic (exact) mass is 357 g/mol. The minimum Gasteiger partial charge on any atom is -0.368 e. The van der Waals surface area contributed by atoms with Crippen molar-refractivity contribution in [3.8, 4) is 0 Å². The summed E-state index contributed by atoms with van der Waals surface area (Å²) in [7, 11) is 0. The number of anilines is 1. The predicted molar refractivity (Wildman–Crippen MR) is 98.7 cm³/mol. The lowest BCUT2D eigenvalue weighted by atomic mass is 9.83. The van der Waals surface area contributed by atoms with Gasteiger partial charge in [-0.05, 0) is 18.9 Å². The number of ether oxygens (including phenoxy) is 1. The van der Waals surface area contributed by atoms with Gasteiger partial charge < -0.3 is 14.5 Å². The van der Waals surface area contributed by atoms with E-state index in [1.807, 2.05) is 16.5 Å². The number of benzene rings is 1. The highest BCUT2D eigenvalue weighted by atomic mass is 32.1. The smallest absolute Gasteiger partial charge is 0.219 e. The largest absolute Gasteiger partial charge is 0.368 e. The fourth-order valence-electron chi connectivity index (χ4n) is 3.94. The van der Waals surface area contributed by atoms with Crippen LogP contribution in [0.2, 0.25) is 0 Å². The SMILES string of the molecule is CC(=O)N1CCC2(CC1)OCCN(Cc1nccs1)c1ccccc12. The molecule has 5 nitrogen and oxygen atoms in total. The Bertz CT molecular complexity index is 739. The number of rotatable bonds is 2. The lowest BCUT2D eigenvalue weighted by Gasteiger charge is -2.41. The molecule has 0 atom stereocenters. The van der Waals surface area contributed by atoms with Crippen molar-refractivity contribution in [2.24, 2.45) is 0 Å². The van der Waals surface area contributed by atoms with Crippen molar-refractivity contribution < 1.29 is 9.53 Å². The molecular weight excluding hydrogens is 334 g/mol. The van der Waals surface area contributed by atoms with E-state index in [4.69, 9.17) is 4.74 Å². The number of thiazole rings is 1. The number of hydrogen-bond acceptors (Lipinski definition) is 5. The van der Waals surface area contributed by atoms with Crippen LogP contribution in [0.3, 0.4) is 0 Å². The zero-order valence-electron chi connectivity index (χ0n) is 14.5. The number of amides is 1. The van der Waals surface area contributed by atoms with Crippen molar-refractivity contribution in [2.45, 2.75) is 31.9 Å². The van der Waals surface area contributed by atoms with E-state index < -0.39 is 0 Å². The van der Waals surface area contributed by atoms with E-state index >= 15 is 0 Å². The molecule has 0 saturated carbocycles. The van der Waals surface area contributed by atoms with Gasteiger partial charge in [0.1, 0.15) is 5.01 Å². The minimum atomic E-state index is -0.278. The molecule has 2 aromatic rings. The van der Waals surface area contributed by atoms with Crippen LogP contribution in [-0.2, 0) is 21.7 Å². The van der Waals surface area contributed by atoms with Gasteiger partial charge in [0.25, 0.3) is 0 Å². The number of fused-ring (bicyclic) bond motifs is 2. The molecule has 1 aromatic heterocycles. The Hall–Kier alpha value is -1.92. The minimum absolute atomic E-state index is 0.155. The van der Waals surface area contributed by atoms with Gasteiger partial charge in [-0.25, -0.2) is 4.98 Å². The van der Waals surface area contributed by atoms with Crippen LogP contribution in [0.15, 0.2) is 35.8 Å². The molecule has 1 aromatic carbocycles. The van der Waals surface area contributed by atoms with Gasteiger partial charge in [-0.15, -0.1) is 11.3 Å². The van der Waals surface area contributed by atoms with Crippen molar-refractivity contribution in [2.75, 3.05) is 31.1 Å². The van der Waals surface area contributed by atoms with Crippen LogP contribution in [0, 0.1) is 0 Å². The van der Waals surface area contributed by atoms with Crippen LogP contribution in [0.1, 0.15) is 30.3 Å². The molecule has 2 aliphatic heterocycles. The molecule has 0 radical (unpaired) electrons. The molecule has 1 spiro atoms. The Morgan fingerprint density at radius 1 is 1.28 bits per heavy atom. The average molecular weight is 357 g/mol. The molecule has 1 fully saturated rings. The molecule has 25 heavy (non-hydrogen) atoms. The first-order valence-electron chi connectivity index (χ1n) is 8.80. The summed E-state index contributed by atoms with van der Waals surface area (Å²) in [5.41, 5.74) is 2.22. The Morgan fingerprint density at radius 3 is 2.80 bits per heavy atom. The summed E-state index contributed by atoms with van der Waals surface area (Å²) < 4.78 is 6.44. The van der Waals surface area contributed by atoms with Gasteiger partial charge in [-0.2, -0.15) is 0 Å². The number of carbonyl (C=O) groups excluding carboxylic acids is 1. The Morgan fingerprint density at radius 2 is 2.08 bits per heavy atom. The van der Waals surface area contributed by atoms with Crippen molar-refractivity contribution in [3.63, 3.8) is 0 Å². The van der Waals surface area contributed by atoms with E-state index in [-0.39, 0.29) is 11.5 Å². The number of nitrogens with zero attached hydrogens (tertiary/aromatic N) is 3. The summed E-state index contributed by atoms with van der Waals surface area (Å²) >= 11 is 1.69. The topological polar surface area (TPSA) is 45.7 Å². The van der Waals surface area contributed by atoms with Crippen molar-refractivity contribution in [1.29, 1.82) is 0 Å². The number of piperidine rings is 1. The van der Waals surface area contributed by atoms with E-state index in [9.17, 15) is 4.79 Å². The fraction of sp³-hybridized carbons (Fsp3) is 0.474. The van der Waals surface area contributed by atoms with E-state index in [0.29, 0.717) is 6.61 Å². The first-order chi connectivity index (χ1) is 12.2. The van der Waals surface area contributed by atoms with E-state index in [2.05, 4.69) is 34.1 Å². The Balaban J connectivity index is 1.65. The number of likely N-dealkylation sites (tertiary alicyclic amines) is 1. The lowest BCUT2D eigenvalue weighted by Crippen LogP contribution is -2.45. The van der Waals surface area contributed by atoms with Crippen molar-refractivity contribution in [1.82, 2.24) is 9.88 Å². The first kappa shape index (κ1) is 16.5. The zero-order chi connectivity index (χ0) is 17.3. The predicted octanol–water partition coefficient (Wildman–Crippen LogP) is 3.02. The highest BCUT2D eigenvalue weighted by Crippen LogP contribution is 2.43. The maximum Gasteiger partial charge on any atom is 0.219 e. The van der Waals surface area contributed by atoms with Gasteiger partial charge in [0.15, 0.2) is 0 Å². The fourth-order valence-corrected chi connectivity index (χ4v) is 4.57. The van der Waals surface area contributed by atoms with Gasteiger partial charge in [-0.1, -0.05) is 18.2 Å². The zero-order valence-corrected chi connectivity index (χ0v) is 15.3. The Labute approximate surface area is 152 Å². The molecule has 4 rings (SSSR count). The van der Waals surface area contributed by atoms with Crippen LogP contribution in [0.5, 0.6) is 0 Å². The van der Waals surface area contributed by atoms with Gasteiger partial charge >= 0.3 is 0 Å². The average Bonchev–Trinajstić information content (AvgIpc) is 3.09. The molecule has 0 unspecified atom stereocenters. The lowest BCUT2D eigenvalue weighted by molar-refractivity contribution is -0.136. The summed E-state index contributed by atoms with van der Waals surface area (Å²) in [5, 5.41) is 3.14. The van der Waals surface area contributed by atoms with E-state index in [1.54, 1.807) is 18.3 Å². The molecule has 132 valence electrons. The molecule has 1 saturated heterocycles. The summed E-state index contributed by atoms with van der Waals surface area (Å²) in [5.74, 6) is 0.155. The van der Waals surface area contributed by atoms with Crippen molar-refractivity contribution >= 4 is 22.9 Å². The molecule has 6 heteroatoms. The molecule has 2 aliphatic rings. The second-order valence-corrected chi connectivity index (χ2v) is 7.69. The van der Waals surface area contributed by atoms with Gasteiger partial charge in [0.05, 0.1) is 18.8 Å². The maximum absolute atomic E-state index is 11.7. The van der Waals surface area contributed by atoms with Gasteiger partial charge in [0, 0.05) is 49.4 Å². The van der Waals surface area contributed by atoms with E-state index in [1.165, 1.54) is 11.3 Å². The molecular formula is C19H23N3O2S. The third-order valence-electron chi connectivity index (χ3n) is 5.30. The quantitative estimate of drug-likeness (QED) is 0.829. The van der Waals surface area contributed by atoms with Crippen LogP contribution in [0.25, 0.3) is 0 Å². The van der Waals surface area contributed by atoms with Gasteiger partial charge in [-0.3, -0.25) is 4.79 Å². The second kappa shape index (κ2) is 6.77. The summed E-state index contributed by atoms with van der Waals surface area (Å²) in [6.07, 6.45) is 3.57. The second-order valence-electron chi connectivity index (χ2n) is 6.71. The van der Waals surface area contributed by atoms with Crippen molar-refractivity contribution in [3.05, 3.63) is 46.4 Å². The summed E-state index contributed by atoms with van der Waals surface area (Å²) in [4.78, 5) is 20.4. The molecule has 0 N–H and O–H groups in total. The van der Waals surface area contributed by atoms with Crippen LogP contribution >= 0.6 is 11.3 Å². The Kier molecular flexibility index (Phi) is 4.48. The van der Waals surface area contributed by atoms with E-state index in [0.717, 1.165) is 44.0 Å². The van der Waals surface area contributed by atoms with Gasteiger partial charge in [0.2, 0.25) is 5.91 Å². The number of carbonyl (C=O) groups is 1. The number of para-hydroxylation sites is 1. The number of aromatic nitrogens is 1. The standard InChI is InChI=1S/C19H23N3O2S/c1-15(23)21-9-6-19(7-10-21)16-4-2-3-5-17(16)22(11-12-24-19)14-18-20-8-13-25-18/h2-5,8,13H,6-7,9-12,14H2,1H3. The number of hydrogen-bond donors (Lipinski definition) is 0. The highest BCUT2D eigenvalue weighted by Gasteiger charge is 2.41. The molecule has 0 aliphatic carbocycles. The maximum atomic E-state index is 11.7. The van der Waals surface area contributed by atoms with Crippen LogP contribution in [-0.4, -0.2) is 42.0 Å². The molecule has 3 heterocycles.